The average molecular weight is 245 g/mol. The van der Waals surface area contributed by atoms with Crippen LogP contribution in [0.2, 0.25) is 0 Å². The van der Waals surface area contributed by atoms with Crippen LogP contribution in [0, 0.1) is 0 Å². The Labute approximate surface area is 110 Å². The highest BCUT2D eigenvalue weighted by atomic mass is 16.5. The maximum absolute atomic E-state index is 5.64. The third-order valence-corrected chi connectivity index (χ3v) is 4.47. The molecule has 0 unspecified atom stereocenters. The van der Waals surface area contributed by atoms with E-state index in [1.54, 1.807) is 5.56 Å². The number of methoxy groups -OCH3 is 1. The van der Waals surface area contributed by atoms with Gasteiger partial charge < -0.3 is 10.1 Å². The van der Waals surface area contributed by atoms with E-state index in [-0.39, 0.29) is 0 Å². The van der Waals surface area contributed by atoms with E-state index in [4.69, 9.17) is 4.74 Å². The van der Waals surface area contributed by atoms with Crippen LogP contribution in [0.1, 0.15) is 48.3 Å². The Hall–Kier alpha value is -1.02. The van der Waals surface area contributed by atoms with Crippen molar-refractivity contribution in [1.82, 2.24) is 5.32 Å². The Morgan fingerprint density at radius 3 is 2.39 bits per heavy atom. The minimum absolute atomic E-state index is 0.688. The molecule has 1 aliphatic carbocycles. The zero-order valence-electron chi connectivity index (χ0n) is 11.3. The molecule has 0 spiro atoms. The van der Waals surface area contributed by atoms with Gasteiger partial charge in [-0.15, -0.1) is 0 Å². The summed E-state index contributed by atoms with van der Waals surface area (Å²) < 4.78 is 5.64. The van der Waals surface area contributed by atoms with Gasteiger partial charge >= 0.3 is 0 Å². The van der Waals surface area contributed by atoms with Gasteiger partial charge in [0.25, 0.3) is 0 Å². The highest BCUT2D eigenvalue weighted by Gasteiger charge is 2.21. The SMILES string of the molecule is COc1cc2c(cc1C1CCNCC1)CCCC2. The van der Waals surface area contributed by atoms with Crippen LogP contribution in [0.5, 0.6) is 5.75 Å². The maximum Gasteiger partial charge on any atom is 0.122 e. The van der Waals surface area contributed by atoms with Gasteiger partial charge in [-0.25, -0.2) is 0 Å². The lowest BCUT2D eigenvalue weighted by Gasteiger charge is -2.27. The van der Waals surface area contributed by atoms with Crippen LogP contribution in [-0.4, -0.2) is 20.2 Å². The first-order valence-electron chi connectivity index (χ1n) is 7.29. The molecular weight excluding hydrogens is 222 g/mol. The van der Waals surface area contributed by atoms with E-state index >= 15 is 0 Å². The molecule has 1 saturated heterocycles. The molecule has 0 atom stereocenters. The number of aryl methyl sites for hydroxylation is 2. The predicted octanol–water partition coefficient (Wildman–Crippen LogP) is 3.04. The Bertz CT molecular complexity index is 421. The molecule has 98 valence electrons. The molecule has 2 aliphatic rings. The highest BCUT2D eigenvalue weighted by Crippen LogP contribution is 2.36. The Morgan fingerprint density at radius 2 is 1.72 bits per heavy atom. The molecule has 0 bridgehead atoms. The fraction of sp³-hybridized carbons (Fsp3) is 0.625. The first-order valence-corrected chi connectivity index (χ1v) is 7.29. The second-order valence-corrected chi connectivity index (χ2v) is 5.59. The molecule has 0 aromatic heterocycles. The van der Waals surface area contributed by atoms with Gasteiger partial charge in [-0.05, 0) is 80.3 Å². The van der Waals surface area contributed by atoms with Crippen molar-refractivity contribution in [1.29, 1.82) is 0 Å². The molecule has 2 heteroatoms. The summed E-state index contributed by atoms with van der Waals surface area (Å²) in [7, 11) is 1.81. The van der Waals surface area contributed by atoms with Crippen LogP contribution in [0.3, 0.4) is 0 Å². The van der Waals surface area contributed by atoms with Gasteiger partial charge in [0.05, 0.1) is 7.11 Å². The van der Waals surface area contributed by atoms with Gasteiger partial charge in [0.15, 0.2) is 0 Å². The van der Waals surface area contributed by atoms with Crippen LogP contribution in [-0.2, 0) is 12.8 Å². The number of nitrogens with one attached hydrogen (secondary N) is 1. The summed E-state index contributed by atoms with van der Waals surface area (Å²) in [6, 6.07) is 4.76. The molecule has 0 amide bonds. The highest BCUT2D eigenvalue weighted by molar-refractivity contribution is 5.45. The molecule has 0 saturated carbocycles. The topological polar surface area (TPSA) is 21.3 Å². The molecule has 0 radical (unpaired) electrons. The Kier molecular flexibility index (Phi) is 3.55. The third-order valence-electron chi connectivity index (χ3n) is 4.47. The first kappa shape index (κ1) is 12.0. The second-order valence-electron chi connectivity index (χ2n) is 5.59. The Balaban J connectivity index is 1.95. The van der Waals surface area contributed by atoms with Crippen LogP contribution < -0.4 is 10.1 Å². The van der Waals surface area contributed by atoms with Crippen LogP contribution in [0.15, 0.2) is 12.1 Å². The van der Waals surface area contributed by atoms with E-state index < -0.39 is 0 Å². The van der Waals surface area contributed by atoms with E-state index in [0.29, 0.717) is 5.92 Å². The molecule has 1 aromatic rings. The van der Waals surface area contributed by atoms with Crippen molar-refractivity contribution in [2.75, 3.05) is 20.2 Å². The van der Waals surface area contributed by atoms with E-state index in [0.717, 1.165) is 18.8 Å². The molecule has 1 N–H and O–H groups in total. The summed E-state index contributed by atoms with van der Waals surface area (Å²) in [5, 5.41) is 3.44. The molecule has 3 rings (SSSR count). The zero-order chi connectivity index (χ0) is 12.4. The van der Waals surface area contributed by atoms with Crippen molar-refractivity contribution < 1.29 is 4.74 Å². The number of rotatable bonds is 2. The van der Waals surface area contributed by atoms with Crippen LogP contribution >= 0.6 is 0 Å². The van der Waals surface area contributed by atoms with Crippen molar-refractivity contribution >= 4 is 0 Å². The number of hydrogen-bond acceptors (Lipinski definition) is 2. The summed E-state index contributed by atoms with van der Waals surface area (Å²) in [5.41, 5.74) is 4.56. The van der Waals surface area contributed by atoms with Crippen LogP contribution in [0.4, 0.5) is 0 Å². The number of fused-ring (bicyclic) bond motifs is 1. The third kappa shape index (κ3) is 2.26. The zero-order valence-corrected chi connectivity index (χ0v) is 11.3. The lowest BCUT2D eigenvalue weighted by molar-refractivity contribution is 0.390. The fourth-order valence-electron chi connectivity index (χ4n) is 3.41. The van der Waals surface area contributed by atoms with Gasteiger partial charge in [-0.1, -0.05) is 6.07 Å². The standard InChI is InChI=1S/C16H23NO/c1-18-16-11-14-5-3-2-4-13(14)10-15(16)12-6-8-17-9-7-12/h10-12,17H,2-9H2,1H3. The number of hydrogen-bond donors (Lipinski definition) is 1. The molecule has 18 heavy (non-hydrogen) atoms. The number of ether oxygens (including phenoxy) is 1. The number of piperidine rings is 1. The summed E-state index contributed by atoms with van der Waals surface area (Å²) in [4.78, 5) is 0. The molecule has 1 fully saturated rings. The quantitative estimate of drug-likeness (QED) is 0.864. The van der Waals surface area contributed by atoms with Crippen LogP contribution in [0.25, 0.3) is 0 Å². The van der Waals surface area contributed by atoms with Crippen molar-refractivity contribution in [3.8, 4) is 5.75 Å². The fourth-order valence-corrected chi connectivity index (χ4v) is 3.41. The minimum atomic E-state index is 0.688. The Morgan fingerprint density at radius 1 is 1.06 bits per heavy atom. The molecule has 1 heterocycles. The van der Waals surface area contributed by atoms with Crippen molar-refractivity contribution in [3.63, 3.8) is 0 Å². The predicted molar refractivity (Wildman–Crippen MR) is 74.5 cm³/mol. The summed E-state index contributed by atoms with van der Waals surface area (Å²) in [6.07, 6.45) is 7.67. The molecule has 1 aliphatic heterocycles. The van der Waals surface area contributed by atoms with E-state index in [1.165, 1.54) is 49.7 Å². The van der Waals surface area contributed by atoms with Gasteiger partial charge in [-0.3, -0.25) is 0 Å². The van der Waals surface area contributed by atoms with Gasteiger partial charge in [0.2, 0.25) is 0 Å². The normalized spacial score (nSPS) is 20.5. The largest absolute Gasteiger partial charge is 0.496 e. The summed E-state index contributed by atoms with van der Waals surface area (Å²) >= 11 is 0. The van der Waals surface area contributed by atoms with Crippen molar-refractivity contribution in [2.24, 2.45) is 0 Å². The first-order chi connectivity index (χ1) is 8.88. The lowest BCUT2D eigenvalue weighted by atomic mass is 9.84. The average Bonchev–Trinajstić information content (AvgIpc) is 2.46. The molecular formula is C16H23NO. The van der Waals surface area contributed by atoms with Gasteiger partial charge in [-0.2, -0.15) is 0 Å². The summed E-state index contributed by atoms with van der Waals surface area (Å²) in [6.45, 7) is 2.29. The smallest absolute Gasteiger partial charge is 0.122 e. The molecule has 1 aromatic carbocycles. The van der Waals surface area contributed by atoms with Crippen molar-refractivity contribution in [3.05, 3.63) is 28.8 Å². The van der Waals surface area contributed by atoms with E-state index in [9.17, 15) is 0 Å². The van der Waals surface area contributed by atoms with Crippen molar-refractivity contribution in [2.45, 2.75) is 44.4 Å². The second kappa shape index (κ2) is 5.31. The molecule has 2 nitrogen and oxygen atoms in total. The minimum Gasteiger partial charge on any atom is -0.496 e. The lowest BCUT2D eigenvalue weighted by Crippen LogP contribution is -2.27. The maximum atomic E-state index is 5.64. The summed E-state index contributed by atoms with van der Waals surface area (Å²) in [5.74, 6) is 1.82. The van der Waals surface area contributed by atoms with Gasteiger partial charge in [0.1, 0.15) is 5.75 Å². The van der Waals surface area contributed by atoms with E-state index in [2.05, 4.69) is 17.4 Å². The van der Waals surface area contributed by atoms with E-state index in [1.807, 2.05) is 7.11 Å². The number of benzene rings is 1. The van der Waals surface area contributed by atoms with Gasteiger partial charge in [0, 0.05) is 0 Å². The monoisotopic (exact) mass is 245 g/mol.